The summed E-state index contributed by atoms with van der Waals surface area (Å²) in [5.74, 6) is 1.02. The summed E-state index contributed by atoms with van der Waals surface area (Å²) in [5.41, 5.74) is 0. The van der Waals surface area contributed by atoms with E-state index in [2.05, 4.69) is 17.2 Å². The van der Waals surface area contributed by atoms with E-state index in [1.807, 2.05) is 6.92 Å². The van der Waals surface area contributed by atoms with Crippen LogP contribution in [-0.4, -0.2) is 19.4 Å². The topological polar surface area (TPSA) is 24.4 Å². The van der Waals surface area contributed by atoms with Crippen molar-refractivity contribution in [2.45, 2.75) is 20.3 Å². The molecular formula is C6H14N2. The Morgan fingerprint density at radius 3 is 2.62 bits per heavy atom. The van der Waals surface area contributed by atoms with Crippen LogP contribution in [0, 0.1) is 0 Å². The Kier molecular flexibility index (Phi) is 4.32. The lowest BCUT2D eigenvalue weighted by molar-refractivity contribution is 0.835. The first-order valence-electron chi connectivity index (χ1n) is 2.98. The molecule has 8 heavy (non-hydrogen) atoms. The molecule has 0 aliphatic heterocycles. The van der Waals surface area contributed by atoms with Crippen molar-refractivity contribution >= 4 is 5.84 Å². The molecule has 0 aromatic heterocycles. The number of hydrogen-bond donors (Lipinski definition) is 1. The van der Waals surface area contributed by atoms with Crippen LogP contribution in [0.5, 0.6) is 0 Å². The molecule has 0 radical (unpaired) electrons. The van der Waals surface area contributed by atoms with Gasteiger partial charge in [-0.25, -0.2) is 0 Å². The van der Waals surface area contributed by atoms with Gasteiger partial charge in [-0.3, -0.25) is 4.99 Å². The van der Waals surface area contributed by atoms with E-state index in [-0.39, 0.29) is 0 Å². The molecule has 0 heterocycles. The fourth-order valence-corrected chi connectivity index (χ4v) is 0.385. The average molecular weight is 114 g/mol. The minimum atomic E-state index is 1.02. The van der Waals surface area contributed by atoms with Gasteiger partial charge in [0.15, 0.2) is 0 Å². The van der Waals surface area contributed by atoms with Crippen LogP contribution >= 0.6 is 0 Å². The van der Waals surface area contributed by atoms with Gasteiger partial charge in [-0.2, -0.15) is 0 Å². The highest BCUT2D eigenvalue weighted by molar-refractivity contribution is 5.79. The standard InChI is InChI=1S/C6H14N2/c1-4-5-8-6(2)7-3/h4-5H2,1-3H3,(H,7,8). The van der Waals surface area contributed by atoms with E-state index >= 15 is 0 Å². The van der Waals surface area contributed by atoms with Gasteiger partial charge in [-0.05, 0) is 13.3 Å². The number of aliphatic imine (C=N–C) groups is 1. The minimum absolute atomic E-state index is 1.02. The highest BCUT2D eigenvalue weighted by Crippen LogP contribution is 1.71. The highest BCUT2D eigenvalue weighted by atomic mass is 15.0. The van der Waals surface area contributed by atoms with Gasteiger partial charge in [0.05, 0.1) is 5.84 Å². The van der Waals surface area contributed by atoms with E-state index in [0.29, 0.717) is 0 Å². The van der Waals surface area contributed by atoms with Gasteiger partial charge in [0, 0.05) is 13.6 Å². The van der Waals surface area contributed by atoms with E-state index in [1.165, 1.54) is 0 Å². The molecule has 0 bridgehead atoms. The Labute approximate surface area is 51.0 Å². The maximum absolute atomic E-state index is 3.93. The predicted molar refractivity (Wildman–Crippen MR) is 37.3 cm³/mol. The SMILES string of the molecule is CCCNC(C)=NC. The first kappa shape index (κ1) is 7.47. The van der Waals surface area contributed by atoms with Crippen LogP contribution in [0.2, 0.25) is 0 Å². The molecule has 0 aliphatic carbocycles. The van der Waals surface area contributed by atoms with Crippen molar-refractivity contribution in [3.05, 3.63) is 0 Å². The predicted octanol–water partition coefficient (Wildman–Crippen LogP) is 1.03. The van der Waals surface area contributed by atoms with Crippen LogP contribution in [0.1, 0.15) is 20.3 Å². The Bertz CT molecular complexity index is 76.6. The Morgan fingerprint density at radius 1 is 1.62 bits per heavy atom. The van der Waals surface area contributed by atoms with Gasteiger partial charge < -0.3 is 5.32 Å². The van der Waals surface area contributed by atoms with Gasteiger partial charge in [-0.1, -0.05) is 6.92 Å². The normalized spacial score (nSPS) is 11.6. The first-order valence-corrected chi connectivity index (χ1v) is 2.98. The van der Waals surface area contributed by atoms with Crippen molar-refractivity contribution in [3.8, 4) is 0 Å². The largest absolute Gasteiger partial charge is 0.374 e. The zero-order valence-electron chi connectivity index (χ0n) is 5.86. The van der Waals surface area contributed by atoms with Gasteiger partial charge in [-0.15, -0.1) is 0 Å². The van der Waals surface area contributed by atoms with Crippen molar-refractivity contribution < 1.29 is 0 Å². The van der Waals surface area contributed by atoms with Crippen LogP contribution in [0.15, 0.2) is 4.99 Å². The summed E-state index contributed by atoms with van der Waals surface area (Å²) in [5, 5.41) is 3.13. The second-order valence-corrected chi connectivity index (χ2v) is 1.74. The number of nitrogens with one attached hydrogen (secondary N) is 1. The van der Waals surface area contributed by atoms with E-state index < -0.39 is 0 Å². The molecule has 0 unspecified atom stereocenters. The maximum Gasteiger partial charge on any atom is 0.0928 e. The van der Waals surface area contributed by atoms with Crippen molar-refractivity contribution in [1.82, 2.24) is 5.32 Å². The minimum Gasteiger partial charge on any atom is -0.374 e. The third-order valence-corrected chi connectivity index (χ3v) is 0.966. The van der Waals surface area contributed by atoms with Crippen LogP contribution in [-0.2, 0) is 0 Å². The van der Waals surface area contributed by atoms with Crippen molar-refractivity contribution in [3.63, 3.8) is 0 Å². The molecule has 0 aliphatic rings. The Morgan fingerprint density at radius 2 is 2.25 bits per heavy atom. The summed E-state index contributed by atoms with van der Waals surface area (Å²) in [6.07, 6.45) is 1.16. The van der Waals surface area contributed by atoms with E-state index in [1.54, 1.807) is 7.05 Å². The average Bonchev–Trinajstić information content (AvgIpc) is 1.83. The second kappa shape index (κ2) is 4.62. The molecule has 0 spiro atoms. The van der Waals surface area contributed by atoms with Crippen LogP contribution in [0.25, 0.3) is 0 Å². The molecule has 0 atom stereocenters. The monoisotopic (exact) mass is 114 g/mol. The van der Waals surface area contributed by atoms with Gasteiger partial charge >= 0.3 is 0 Å². The lowest BCUT2D eigenvalue weighted by atomic mass is 10.5. The molecule has 0 amide bonds. The lowest BCUT2D eigenvalue weighted by Crippen LogP contribution is -2.20. The lowest BCUT2D eigenvalue weighted by Gasteiger charge is -1.99. The fourth-order valence-electron chi connectivity index (χ4n) is 0.385. The molecule has 1 N–H and O–H groups in total. The van der Waals surface area contributed by atoms with E-state index in [0.717, 1.165) is 18.8 Å². The highest BCUT2D eigenvalue weighted by Gasteiger charge is 1.81. The zero-order chi connectivity index (χ0) is 6.41. The maximum atomic E-state index is 3.93. The second-order valence-electron chi connectivity index (χ2n) is 1.74. The van der Waals surface area contributed by atoms with Crippen molar-refractivity contribution in [2.24, 2.45) is 4.99 Å². The van der Waals surface area contributed by atoms with Crippen molar-refractivity contribution in [1.29, 1.82) is 0 Å². The first-order chi connectivity index (χ1) is 3.81. The number of amidine groups is 1. The zero-order valence-corrected chi connectivity index (χ0v) is 5.86. The number of hydrogen-bond acceptors (Lipinski definition) is 1. The quantitative estimate of drug-likeness (QED) is 0.421. The van der Waals surface area contributed by atoms with E-state index in [9.17, 15) is 0 Å². The molecule has 0 saturated heterocycles. The number of nitrogens with zero attached hydrogens (tertiary/aromatic N) is 1. The van der Waals surface area contributed by atoms with Gasteiger partial charge in [0.2, 0.25) is 0 Å². The van der Waals surface area contributed by atoms with Crippen LogP contribution in [0.4, 0.5) is 0 Å². The molecule has 0 aromatic rings. The third-order valence-electron chi connectivity index (χ3n) is 0.966. The Hall–Kier alpha value is -0.530. The van der Waals surface area contributed by atoms with E-state index in [4.69, 9.17) is 0 Å². The smallest absolute Gasteiger partial charge is 0.0928 e. The van der Waals surface area contributed by atoms with Crippen LogP contribution in [0.3, 0.4) is 0 Å². The molecule has 0 rings (SSSR count). The molecule has 2 heteroatoms. The summed E-state index contributed by atoms with van der Waals surface area (Å²) in [6.45, 7) is 5.13. The van der Waals surface area contributed by atoms with Gasteiger partial charge in [0.25, 0.3) is 0 Å². The summed E-state index contributed by atoms with van der Waals surface area (Å²) in [7, 11) is 1.79. The summed E-state index contributed by atoms with van der Waals surface area (Å²) >= 11 is 0. The molecule has 0 saturated carbocycles. The molecule has 0 fully saturated rings. The summed E-state index contributed by atoms with van der Waals surface area (Å²) < 4.78 is 0. The summed E-state index contributed by atoms with van der Waals surface area (Å²) in [4.78, 5) is 3.93. The van der Waals surface area contributed by atoms with Gasteiger partial charge in [0.1, 0.15) is 0 Å². The fraction of sp³-hybridized carbons (Fsp3) is 0.833. The van der Waals surface area contributed by atoms with Crippen molar-refractivity contribution in [2.75, 3.05) is 13.6 Å². The summed E-state index contributed by atoms with van der Waals surface area (Å²) in [6, 6.07) is 0. The third kappa shape index (κ3) is 3.65. The molecule has 48 valence electrons. The number of rotatable bonds is 2. The molecule has 2 nitrogen and oxygen atoms in total. The molecular weight excluding hydrogens is 100 g/mol. The van der Waals surface area contributed by atoms with Crippen LogP contribution < -0.4 is 5.32 Å². The Balaban J connectivity index is 3.12. The molecule has 0 aromatic carbocycles.